The number of carbonyl (C=O) groups is 3. The molecular formula is C34H44N4O10. The summed E-state index contributed by atoms with van der Waals surface area (Å²) in [6.07, 6.45) is 1.74. The predicted octanol–water partition coefficient (Wildman–Crippen LogP) is 5.56. The Bertz CT molecular complexity index is 1530. The van der Waals surface area contributed by atoms with Crippen LogP contribution in [-0.2, 0) is 36.9 Å². The number of methoxy groups -OCH3 is 2. The molecule has 2 atom stereocenters. The van der Waals surface area contributed by atoms with Crippen LogP contribution in [0.15, 0.2) is 82.0 Å². The van der Waals surface area contributed by atoms with E-state index in [0.29, 0.717) is 13.2 Å². The molecule has 0 spiro atoms. The predicted molar refractivity (Wildman–Crippen MR) is 174 cm³/mol. The van der Waals surface area contributed by atoms with Gasteiger partial charge < -0.3 is 43.6 Å². The number of aromatic nitrogens is 2. The van der Waals surface area contributed by atoms with E-state index in [1.165, 1.54) is 26.7 Å². The molecule has 4 rings (SSSR count). The maximum Gasteiger partial charge on any atom is 0.408 e. The number of carbonyl (C=O) groups excluding carboxylic acids is 3. The second-order valence-corrected chi connectivity index (χ2v) is 10.9. The van der Waals surface area contributed by atoms with Crippen molar-refractivity contribution in [2.45, 2.75) is 59.1 Å². The van der Waals surface area contributed by atoms with Crippen molar-refractivity contribution in [1.29, 1.82) is 0 Å². The lowest BCUT2D eigenvalue weighted by Gasteiger charge is -2.22. The average Bonchev–Trinajstić information content (AvgIpc) is 3.75. The van der Waals surface area contributed by atoms with Crippen LogP contribution in [0.3, 0.4) is 0 Å². The van der Waals surface area contributed by atoms with E-state index in [0.717, 1.165) is 11.1 Å². The first kappa shape index (κ1) is 39.1. The zero-order valence-corrected chi connectivity index (χ0v) is 27.0. The normalized spacial score (nSPS) is 12.0. The van der Waals surface area contributed by atoms with Crippen LogP contribution < -0.4 is 11.1 Å². The number of oxazole rings is 2. The van der Waals surface area contributed by atoms with E-state index in [9.17, 15) is 14.4 Å². The molecule has 1 amide bonds. The van der Waals surface area contributed by atoms with Gasteiger partial charge >= 0.3 is 18.0 Å². The highest BCUT2D eigenvalue weighted by Gasteiger charge is 2.25. The molecule has 0 aliphatic carbocycles. The highest BCUT2D eigenvalue weighted by Crippen LogP contribution is 2.17. The molecule has 4 aromatic rings. The molecular weight excluding hydrogens is 624 g/mol. The van der Waals surface area contributed by atoms with Crippen molar-refractivity contribution in [3.8, 4) is 0 Å². The van der Waals surface area contributed by atoms with Crippen molar-refractivity contribution >= 4 is 18.0 Å². The third kappa shape index (κ3) is 13.4. The number of esters is 2. The minimum absolute atomic E-state index is 0. The van der Waals surface area contributed by atoms with Gasteiger partial charge in [0.2, 0.25) is 11.8 Å². The monoisotopic (exact) mass is 668 g/mol. The molecule has 0 aliphatic rings. The molecule has 0 saturated heterocycles. The van der Waals surface area contributed by atoms with Crippen LogP contribution in [-0.4, -0.2) is 61.0 Å². The Balaban J connectivity index is 0.000000340. The summed E-state index contributed by atoms with van der Waals surface area (Å²) in [7, 11) is 2.52. The van der Waals surface area contributed by atoms with Gasteiger partial charge in [0.1, 0.15) is 30.2 Å². The molecule has 0 radical (unpaired) electrons. The maximum absolute atomic E-state index is 12.1. The fourth-order valence-electron chi connectivity index (χ4n) is 3.74. The molecule has 2 aromatic carbocycles. The minimum Gasteiger partial charge on any atom is -0.464 e. The van der Waals surface area contributed by atoms with Gasteiger partial charge in [-0.1, -0.05) is 68.1 Å². The Hall–Kier alpha value is -5.05. The van der Waals surface area contributed by atoms with Crippen molar-refractivity contribution in [2.75, 3.05) is 27.4 Å². The van der Waals surface area contributed by atoms with Gasteiger partial charge in [-0.15, -0.1) is 0 Å². The SMILES string of the molecule is C.COC(=O)c1coc(C(COCc2ccccc2)NC(=O)OC(C)(C)C)n1.COC(=O)c1coc(C(N)COCc2ccccc2)n1. The Labute approximate surface area is 279 Å². The smallest absolute Gasteiger partial charge is 0.408 e. The molecule has 14 heteroatoms. The highest BCUT2D eigenvalue weighted by atomic mass is 16.6. The molecule has 2 aromatic heterocycles. The molecule has 0 fully saturated rings. The topological polar surface area (TPSA) is 187 Å². The summed E-state index contributed by atoms with van der Waals surface area (Å²) in [5.74, 6) is -0.823. The third-order valence-corrected chi connectivity index (χ3v) is 5.94. The lowest BCUT2D eigenvalue weighted by atomic mass is 10.2. The Morgan fingerprint density at radius 3 is 1.71 bits per heavy atom. The van der Waals surface area contributed by atoms with Gasteiger partial charge in [0.05, 0.1) is 40.6 Å². The molecule has 260 valence electrons. The summed E-state index contributed by atoms with van der Waals surface area (Å²) < 4.78 is 36.0. The zero-order valence-electron chi connectivity index (χ0n) is 27.0. The fourth-order valence-corrected chi connectivity index (χ4v) is 3.74. The van der Waals surface area contributed by atoms with E-state index < -0.39 is 35.7 Å². The van der Waals surface area contributed by atoms with Crippen molar-refractivity contribution in [2.24, 2.45) is 5.73 Å². The van der Waals surface area contributed by atoms with Crippen LogP contribution in [0, 0.1) is 0 Å². The number of nitrogens with one attached hydrogen (secondary N) is 1. The third-order valence-electron chi connectivity index (χ3n) is 5.94. The van der Waals surface area contributed by atoms with Crippen molar-refractivity contribution in [3.05, 3.63) is 107 Å². The first-order valence-electron chi connectivity index (χ1n) is 14.5. The number of alkyl carbamates (subject to hydrolysis) is 1. The number of benzene rings is 2. The Morgan fingerprint density at radius 1 is 0.771 bits per heavy atom. The van der Waals surface area contributed by atoms with E-state index in [1.807, 2.05) is 60.7 Å². The van der Waals surface area contributed by atoms with Gasteiger partial charge in [-0.25, -0.2) is 24.4 Å². The number of hydrogen-bond donors (Lipinski definition) is 2. The summed E-state index contributed by atoms with van der Waals surface area (Å²) >= 11 is 0. The molecule has 0 aliphatic heterocycles. The standard InChI is InChI=1S/C19H24N2O6.C14H16N2O4.CH4/c1-19(2,3)27-18(23)21-14(11-25-10-13-8-6-5-7-9-13)16-20-15(12-26-16)17(22)24-4;1-18-14(17)12-9-20-13(16-12)11(15)8-19-7-10-5-3-2-4-6-10;/h5-9,12,14H,10-11H2,1-4H3,(H,21,23);2-6,9,11H,7-8,15H2,1H3;1H4. The molecule has 14 nitrogen and oxygen atoms in total. The Morgan fingerprint density at radius 2 is 1.23 bits per heavy atom. The zero-order chi connectivity index (χ0) is 34.2. The largest absolute Gasteiger partial charge is 0.464 e. The van der Waals surface area contributed by atoms with Crippen LogP contribution in [0.4, 0.5) is 4.79 Å². The van der Waals surface area contributed by atoms with Crippen molar-refractivity contribution < 1.29 is 46.9 Å². The van der Waals surface area contributed by atoms with Gasteiger partial charge in [-0.3, -0.25) is 0 Å². The minimum atomic E-state index is -0.734. The van der Waals surface area contributed by atoms with Crippen molar-refractivity contribution in [1.82, 2.24) is 15.3 Å². The summed E-state index contributed by atoms with van der Waals surface area (Å²) in [6.45, 7) is 6.40. The fraction of sp³-hybridized carbons (Fsp3) is 0.382. The average molecular weight is 669 g/mol. The van der Waals surface area contributed by atoms with Crippen LogP contribution in [0.2, 0.25) is 0 Å². The first-order valence-corrected chi connectivity index (χ1v) is 14.5. The van der Waals surface area contributed by atoms with Crippen molar-refractivity contribution in [3.63, 3.8) is 0 Å². The number of amides is 1. The van der Waals surface area contributed by atoms with Crippen LogP contribution in [0.5, 0.6) is 0 Å². The van der Waals surface area contributed by atoms with Gasteiger partial charge in [0, 0.05) is 0 Å². The van der Waals surface area contributed by atoms with Gasteiger partial charge in [-0.05, 0) is 31.9 Å². The van der Waals surface area contributed by atoms with E-state index in [4.69, 9.17) is 28.8 Å². The number of rotatable bonds is 13. The molecule has 48 heavy (non-hydrogen) atoms. The second-order valence-electron chi connectivity index (χ2n) is 10.9. The molecule has 2 heterocycles. The first-order chi connectivity index (χ1) is 22.5. The van der Waals surface area contributed by atoms with Gasteiger partial charge in [0.25, 0.3) is 0 Å². The van der Waals surface area contributed by atoms with Gasteiger partial charge in [-0.2, -0.15) is 0 Å². The number of nitrogens with zero attached hydrogens (tertiary/aromatic N) is 2. The van der Waals surface area contributed by atoms with E-state index in [-0.39, 0.29) is 43.8 Å². The number of nitrogens with two attached hydrogens (primary N) is 1. The van der Waals surface area contributed by atoms with E-state index >= 15 is 0 Å². The maximum atomic E-state index is 12.1. The highest BCUT2D eigenvalue weighted by molar-refractivity contribution is 5.87. The summed E-state index contributed by atoms with van der Waals surface area (Å²) in [5.41, 5.74) is 7.37. The lowest BCUT2D eigenvalue weighted by Crippen LogP contribution is -2.36. The second kappa shape index (κ2) is 19.6. The summed E-state index contributed by atoms with van der Waals surface area (Å²) in [6, 6.07) is 18.1. The lowest BCUT2D eigenvalue weighted by molar-refractivity contribution is 0.0404. The van der Waals surface area contributed by atoms with E-state index in [1.54, 1.807) is 20.8 Å². The van der Waals surface area contributed by atoms with Gasteiger partial charge in [0.15, 0.2) is 11.4 Å². The molecule has 0 bridgehead atoms. The molecule has 0 saturated carbocycles. The molecule has 3 N–H and O–H groups in total. The summed E-state index contributed by atoms with van der Waals surface area (Å²) in [5, 5.41) is 2.65. The van der Waals surface area contributed by atoms with Crippen LogP contribution in [0.1, 0.15) is 84.2 Å². The quantitative estimate of drug-likeness (QED) is 0.133. The number of hydrogen-bond acceptors (Lipinski definition) is 13. The van der Waals surface area contributed by atoms with E-state index in [2.05, 4.69) is 24.8 Å². The number of ether oxygens (including phenoxy) is 5. The Kier molecular flexibility index (Phi) is 16.0. The molecule has 2 unspecified atom stereocenters. The summed E-state index contributed by atoms with van der Waals surface area (Å²) in [4.78, 5) is 42.9. The van der Waals surface area contributed by atoms with Crippen LogP contribution in [0.25, 0.3) is 0 Å². The van der Waals surface area contributed by atoms with Crippen LogP contribution >= 0.6 is 0 Å².